The molecule has 0 saturated carbocycles. The van der Waals surface area contributed by atoms with Crippen molar-refractivity contribution in [3.05, 3.63) is 34.9 Å². The van der Waals surface area contributed by atoms with E-state index < -0.39 is 57.7 Å². The number of rotatable bonds is 9. The summed E-state index contributed by atoms with van der Waals surface area (Å²) in [6, 6.07) is 3.78. The number of hydrogen-bond acceptors (Lipinski definition) is 5. The molecular formula is C20H25Cl4FN2O5. The van der Waals surface area contributed by atoms with Gasteiger partial charge in [0.25, 0.3) is 0 Å². The van der Waals surface area contributed by atoms with E-state index in [2.05, 4.69) is 5.32 Å². The van der Waals surface area contributed by atoms with Crippen molar-refractivity contribution < 1.29 is 28.9 Å². The van der Waals surface area contributed by atoms with Crippen LogP contribution in [0.5, 0.6) is 0 Å². The Morgan fingerprint density at radius 1 is 1.22 bits per heavy atom. The fraction of sp³-hybridized carbons (Fsp3) is 0.600. The Kier molecular flexibility index (Phi) is 9.06. The third-order valence-electron chi connectivity index (χ3n) is 6.13. The normalized spacial score (nSPS) is 30.8. The average molecular weight is 534 g/mol. The van der Waals surface area contributed by atoms with Gasteiger partial charge in [-0.1, -0.05) is 64.6 Å². The maximum atomic E-state index is 14.2. The van der Waals surface area contributed by atoms with Gasteiger partial charge in [-0.2, -0.15) is 0 Å². The van der Waals surface area contributed by atoms with E-state index in [4.69, 9.17) is 56.9 Å². The van der Waals surface area contributed by atoms with Crippen LogP contribution in [-0.2, 0) is 14.3 Å². The van der Waals surface area contributed by atoms with Gasteiger partial charge in [0.15, 0.2) is 3.79 Å². The Bertz CT molecular complexity index is 842. The molecule has 12 heteroatoms. The van der Waals surface area contributed by atoms with Gasteiger partial charge in [-0.25, -0.2) is 4.39 Å². The van der Waals surface area contributed by atoms with Crippen molar-refractivity contribution >= 4 is 58.3 Å². The Morgan fingerprint density at radius 3 is 2.31 bits per heavy atom. The smallest absolute Gasteiger partial charge is 0.312 e. The van der Waals surface area contributed by atoms with Crippen molar-refractivity contribution in [1.82, 2.24) is 5.32 Å². The first-order chi connectivity index (χ1) is 14.9. The van der Waals surface area contributed by atoms with Gasteiger partial charge >= 0.3 is 11.9 Å². The van der Waals surface area contributed by atoms with Gasteiger partial charge in [0.05, 0.1) is 30.1 Å². The lowest BCUT2D eigenvalue weighted by atomic mass is 9.51. The number of halogens is 5. The summed E-state index contributed by atoms with van der Waals surface area (Å²) < 4.78 is 17.6. The second kappa shape index (κ2) is 10.6. The number of carbonyl (C=O) groups is 2. The molecule has 7 nitrogen and oxygen atoms in total. The molecule has 32 heavy (non-hydrogen) atoms. The van der Waals surface area contributed by atoms with Crippen LogP contribution in [0.4, 0.5) is 4.39 Å². The van der Waals surface area contributed by atoms with E-state index in [1.165, 1.54) is 19.1 Å². The highest BCUT2D eigenvalue weighted by Crippen LogP contribution is 2.60. The minimum absolute atomic E-state index is 0.0922. The van der Waals surface area contributed by atoms with Crippen molar-refractivity contribution in [3.8, 4) is 0 Å². The number of hydrogen-bond donors (Lipinski definition) is 4. The second-order valence-corrected chi connectivity index (χ2v) is 10.9. The zero-order valence-corrected chi connectivity index (χ0v) is 20.2. The topological polar surface area (TPSA) is 122 Å². The molecule has 1 aromatic carbocycles. The van der Waals surface area contributed by atoms with Gasteiger partial charge in [-0.3, -0.25) is 9.59 Å². The van der Waals surface area contributed by atoms with Crippen LogP contribution >= 0.6 is 46.4 Å². The van der Waals surface area contributed by atoms with Gasteiger partial charge in [-0.15, -0.1) is 0 Å². The van der Waals surface area contributed by atoms with Gasteiger partial charge in [0, 0.05) is 29.9 Å². The number of piperidine rings is 1. The Hall–Kier alpha value is -0.870. The number of aliphatic carboxylic acids is 2. The van der Waals surface area contributed by atoms with Crippen LogP contribution < -0.4 is 11.1 Å². The zero-order chi connectivity index (χ0) is 24.3. The van der Waals surface area contributed by atoms with Crippen molar-refractivity contribution in [1.29, 1.82) is 0 Å². The number of nitrogens with one attached hydrogen (secondary N) is 1. The second-order valence-electron chi connectivity index (χ2n) is 7.97. The summed E-state index contributed by atoms with van der Waals surface area (Å²) in [6.07, 6.45) is -0.596. The Morgan fingerprint density at radius 2 is 1.84 bits per heavy atom. The SMILES string of the molecule is CC1(C(=O)O)C(CF)NC(COCCN)C(CC(Cl)(Cl)Cl)(C(=O)O)C1c1ccccc1Cl. The number of ether oxygens (including phenoxy) is 1. The van der Waals surface area contributed by atoms with Crippen molar-refractivity contribution in [2.45, 2.75) is 35.1 Å². The van der Waals surface area contributed by atoms with E-state index in [0.29, 0.717) is 0 Å². The summed E-state index contributed by atoms with van der Waals surface area (Å²) in [5.74, 6) is -4.25. The van der Waals surface area contributed by atoms with Crippen LogP contribution in [0.25, 0.3) is 0 Å². The summed E-state index contributed by atoms with van der Waals surface area (Å²) in [5, 5.41) is 23.7. The van der Waals surface area contributed by atoms with Gasteiger partial charge in [-0.05, 0) is 18.6 Å². The first-order valence-corrected chi connectivity index (χ1v) is 11.2. The van der Waals surface area contributed by atoms with Crippen molar-refractivity contribution in [2.24, 2.45) is 16.6 Å². The number of nitrogens with two attached hydrogens (primary N) is 1. The van der Waals surface area contributed by atoms with Gasteiger partial charge in [0.1, 0.15) is 6.67 Å². The highest BCUT2D eigenvalue weighted by atomic mass is 35.6. The highest BCUT2D eigenvalue weighted by Gasteiger charge is 2.68. The molecule has 5 N–H and O–H groups in total. The van der Waals surface area contributed by atoms with E-state index in [9.17, 15) is 24.2 Å². The molecule has 0 aliphatic carbocycles. The van der Waals surface area contributed by atoms with E-state index in [0.717, 1.165) is 0 Å². The fourth-order valence-electron chi connectivity index (χ4n) is 4.68. The average Bonchev–Trinajstić information content (AvgIpc) is 2.69. The third kappa shape index (κ3) is 5.12. The monoisotopic (exact) mass is 532 g/mol. The molecular weight excluding hydrogens is 509 g/mol. The lowest BCUT2D eigenvalue weighted by Crippen LogP contribution is -2.72. The molecule has 1 aliphatic heterocycles. The molecule has 1 aromatic rings. The standard InChI is InChI=1S/C20H25Cl4FN2O5/c1-18(16(28)29)13(8-25)27-14(9-32-7-6-26)19(17(30)31,10-20(22,23)24)15(18)11-4-2-3-5-12(11)21/h2-5,13-15,27H,6-10,26H2,1H3,(H,28,29)(H,30,31). The minimum atomic E-state index is -2.09. The van der Waals surface area contributed by atoms with Crippen LogP contribution in [0, 0.1) is 10.8 Å². The number of carboxylic acids is 2. The molecule has 1 heterocycles. The van der Waals surface area contributed by atoms with E-state index in [1.54, 1.807) is 12.1 Å². The van der Waals surface area contributed by atoms with Crippen LogP contribution in [0.15, 0.2) is 24.3 Å². The predicted octanol–water partition coefficient (Wildman–Crippen LogP) is 3.63. The van der Waals surface area contributed by atoms with Crippen LogP contribution in [0.2, 0.25) is 5.02 Å². The first-order valence-electron chi connectivity index (χ1n) is 9.74. The van der Waals surface area contributed by atoms with E-state index in [-0.39, 0.29) is 30.3 Å². The molecule has 2 rings (SSSR count). The van der Waals surface area contributed by atoms with Gasteiger partial charge in [0.2, 0.25) is 0 Å². The highest BCUT2D eigenvalue weighted by molar-refractivity contribution is 6.67. The summed E-state index contributed by atoms with van der Waals surface area (Å²) >= 11 is 24.7. The number of alkyl halides is 4. The maximum absolute atomic E-state index is 14.2. The van der Waals surface area contributed by atoms with E-state index >= 15 is 0 Å². The van der Waals surface area contributed by atoms with Crippen LogP contribution in [0.3, 0.4) is 0 Å². The molecule has 1 saturated heterocycles. The molecule has 5 atom stereocenters. The van der Waals surface area contributed by atoms with Crippen LogP contribution in [0.1, 0.15) is 24.8 Å². The molecule has 0 spiro atoms. The molecule has 5 unspecified atom stereocenters. The van der Waals surface area contributed by atoms with Crippen LogP contribution in [-0.4, -0.2) is 64.5 Å². The van der Waals surface area contributed by atoms with E-state index in [1.807, 2.05) is 0 Å². The Balaban J connectivity index is 2.90. The quantitative estimate of drug-likeness (QED) is 0.282. The molecule has 1 fully saturated rings. The molecule has 0 bridgehead atoms. The van der Waals surface area contributed by atoms with Crippen molar-refractivity contribution in [2.75, 3.05) is 26.4 Å². The minimum Gasteiger partial charge on any atom is -0.481 e. The molecule has 180 valence electrons. The van der Waals surface area contributed by atoms with Crippen molar-refractivity contribution in [3.63, 3.8) is 0 Å². The summed E-state index contributed by atoms with van der Waals surface area (Å²) in [7, 11) is 0. The number of benzene rings is 1. The Labute approximate surface area is 205 Å². The summed E-state index contributed by atoms with van der Waals surface area (Å²) in [4.78, 5) is 25.6. The predicted molar refractivity (Wildman–Crippen MR) is 121 cm³/mol. The summed E-state index contributed by atoms with van der Waals surface area (Å²) in [6.45, 7) is 0.186. The molecule has 1 aliphatic rings. The lowest BCUT2D eigenvalue weighted by molar-refractivity contribution is -0.175. The third-order valence-corrected chi connectivity index (χ3v) is 6.88. The first kappa shape index (κ1) is 27.4. The maximum Gasteiger partial charge on any atom is 0.312 e. The van der Waals surface area contributed by atoms with Gasteiger partial charge < -0.3 is 26.0 Å². The molecule has 0 amide bonds. The fourth-order valence-corrected chi connectivity index (χ4v) is 5.58. The zero-order valence-electron chi connectivity index (χ0n) is 17.2. The number of carboxylic acid groups (broad SMARTS) is 2. The lowest BCUT2D eigenvalue weighted by Gasteiger charge is -2.57. The largest absolute Gasteiger partial charge is 0.481 e. The molecule has 0 radical (unpaired) electrons. The molecule has 0 aromatic heterocycles. The summed E-state index contributed by atoms with van der Waals surface area (Å²) in [5.41, 5.74) is 1.64.